The average molecular weight is 230 g/mol. The molecule has 0 saturated heterocycles. The van der Waals surface area contributed by atoms with E-state index < -0.39 is 24.1 Å². The molecule has 0 radical (unpaired) electrons. The van der Waals surface area contributed by atoms with Crippen LogP contribution in [0.25, 0.3) is 0 Å². The van der Waals surface area contributed by atoms with Crippen LogP contribution in [0.15, 0.2) is 0 Å². The van der Waals surface area contributed by atoms with E-state index >= 15 is 0 Å². The molecule has 0 aliphatic heterocycles. The van der Waals surface area contributed by atoms with E-state index in [4.69, 9.17) is 5.11 Å². The number of carbonyl (C=O) groups is 2. The van der Waals surface area contributed by atoms with Crippen LogP contribution in [0.4, 0.5) is 4.79 Å². The van der Waals surface area contributed by atoms with Crippen molar-refractivity contribution in [2.24, 2.45) is 0 Å². The third-order valence-corrected chi connectivity index (χ3v) is 2.76. The number of rotatable bonds is 3. The van der Waals surface area contributed by atoms with E-state index in [0.29, 0.717) is 6.42 Å². The van der Waals surface area contributed by atoms with Gasteiger partial charge in [-0.1, -0.05) is 12.8 Å². The molecule has 0 bridgehead atoms. The molecule has 92 valence electrons. The highest BCUT2D eigenvalue weighted by Gasteiger charge is 2.25. The van der Waals surface area contributed by atoms with Crippen LogP contribution in [0.5, 0.6) is 0 Å². The molecular weight excluding hydrogens is 212 g/mol. The summed E-state index contributed by atoms with van der Waals surface area (Å²) in [4.78, 5) is 21.9. The minimum Gasteiger partial charge on any atom is -0.480 e. The second-order valence-electron chi connectivity index (χ2n) is 4.14. The van der Waals surface area contributed by atoms with E-state index in [1.807, 2.05) is 0 Å². The number of hydrogen-bond acceptors (Lipinski definition) is 3. The predicted molar refractivity (Wildman–Crippen MR) is 57.0 cm³/mol. The van der Waals surface area contributed by atoms with E-state index in [2.05, 4.69) is 10.6 Å². The fraction of sp³-hybridized carbons (Fsp3) is 0.800. The van der Waals surface area contributed by atoms with E-state index in [1.165, 1.54) is 6.92 Å². The third kappa shape index (κ3) is 3.69. The molecule has 16 heavy (non-hydrogen) atoms. The van der Waals surface area contributed by atoms with Crippen molar-refractivity contribution in [3.63, 3.8) is 0 Å². The normalized spacial score (nSPS) is 26.9. The molecule has 2 unspecified atom stereocenters. The maximum absolute atomic E-state index is 11.4. The van der Waals surface area contributed by atoms with Crippen LogP contribution in [0, 0.1) is 0 Å². The predicted octanol–water partition coefficient (Wildman–Crippen LogP) is 0.0622. The highest BCUT2D eigenvalue weighted by atomic mass is 16.4. The van der Waals surface area contributed by atoms with Crippen LogP contribution in [0.3, 0.4) is 0 Å². The SMILES string of the molecule is C[C@H](NC(=O)NC1CCCCC1O)C(=O)O. The van der Waals surface area contributed by atoms with Gasteiger partial charge in [0.05, 0.1) is 12.1 Å². The Labute approximate surface area is 94.0 Å². The van der Waals surface area contributed by atoms with Crippen molar-refractivity contribution < 1.29 is 19.8 Å². The van der Waals surface area contributed by atoms with Gasteiger partial charge in [0.25, 0.3) is 0 Å². The Morgan fingerprint density at radius 3 is 2.50 bits per heavy atom. The molecule has 1 rings (SSSR count). The van der Waals surface area contributed by atoms with Crippen molar-refractivity contribution in [3.05, 3.63) is 0 Å². The van der Waals surface area contributed by atoms with E-state index in [9.17, 15) is 14.7 Å². The molecule has 1 aliphatic rings. The quantitative estimate of drug-likeness (QED) is 0.551. The fourth-order valence-electron chi connectivity index (χ4n) is 1.75. The summed E-state index contributed by atoms with van der Waals surface area (Å²) in [5.41, 5.74) is 0. The van der Waals surface area contributed by atoms with Gasteiger partial charge in [0.2, 0.25) is 0 Å². The van der Waals surface area contributed by atoms with Crippen LogP contribution in [-0.4, -0.2) is 40.4 Å². The van der Waals surface area contributed by atoms with Crippen LogP contribution in [-0.2, 0) is 4.79 Å². The monoisotopic (exact) mass is 230 g/mol. The van der Waals surface area contributed by atoms with Gasteiger partial charge in [-0.3, -0.25) is 4.79 Å². The van der Waals surface area contributed by atoms with Crippen LogP contribution in [0.2, 0.25) is 0 Å². The van der Waals surface area contributed by atoms with Crippen molar-refractivity contribution in [3.8, 4) is 0 Å². The lowest BCUT2D eigenvalue weighted by Crippen LogP contribution is -2.52. The summed E-state index contributed by atoms with van der Waals surface area (Å²) in [6, 6.07) is -1.74. The Morgan fingerprint density at radius 1 is 1.31 bits per heavy atom. The maximum atomic E-state index is 11.4. The number of amides is 2. The Morgan fingerprint density at radius 2 is 1.94 bits per heavy atom. The lowest BCUT2D eigenvalue weighted by molar-refractivity contribution is -0.138. The number of carbonyl (C=O) groups excluding carboxylic acids is 1. The Balaban J connectivity index is 2.35. The molecular formula is C10H18N2O4. The van der Waals surface area contributed by atoms with Gasteiger partial charge in [0, 0.05) is 0 Å². The van der Waals surface area contributed by atoms with Crippen molar-refractivity contribution in [1.82, 2.24) is 10.6 Å². The van der Waals surface area contributed by atoms with E-state index in [1.54, 1.807) is 0 Å². The zero-order valence-corrected chi connectivity index (χ0v) is 9.27. The third-order valence-electron chi connectivity index (χ3n) is 2.76. The summed E-state index contributed by atoms with van der Waals surface area (Å²) in [7, 11) is 0. The highest BCUT2D eigenvalue weighted by Crippen LogP contribution is 2.18. The van der Waals surface area contributed by atoms with Gasteiger partial charge in [-0.2, -0.15) is 0 Å². The minimum atomic E-state index is -1.08. The number of aliphatic hydroxyl groups excluding tert-OH is 1. The summed E-state index contributed by atoms with van der Waals surface area (Å²) >= 11 is 0. The van der Waals surface area contributed by atoms with Crippen molar-refractivity contribution >= 4 is 12.0 Å². The average Bonchev–Trinajstić information content (AvgIpc) is 2.21. The zero-order valence-electron chi connectivity index (χ0n) is 9.27. The Hall–Kier alpha value is -1.30. The molecule has 0 aromatic carbocycles. The van der Waals surface area contributed by atoms with Crippen molar-refractivity contribution in [2.45, 2.75) is 50.8 Å². The molecule has 3 atom stereocenters. The first kappa shape index (κ1) is 12.8. The summed E-state index contributed by atoms with van der Waals surface area (Å²) in [6.45, 7) is 1.39. The second-order valence-corrected chi connectivity index (χ2v) is 4.14. The lowest BCUT2D eigenvalue weighted by Gasteiger charge is -2.28. The molecule has 1 aliphatic carbocycles. The van der Waals surface area contributed by atoms with Crippen LogP contribution < -0.4 is 10.6 Å². The summed E-state index contributed by atoms with van der Waals surface area (Å²) in [6.07, 6.45) is 2.82. The first-order chi connectivity index (χ1) is 7.50. The van der Waals surface area contributed by atoms with E-state index in [0.717, 1.165) is 19.3 Å². The summed E-state index contributed by atoms with van der Waals surface area (Å²) < 4.78 is 0. The maximum Gasteiger partial charge on any atom is 0.325 e. The van der Waals surface area contributed by atoms with Crippen LogP contribution in [0.1, 0.15) is 32.6 Å². The molecule has 6 heteroatoms. The number of nitrogens with one attached hydrogen (secondary N) is 2. The minimum absolute atomic E-state index is 0.269. The van der Waals surface area contributed by atoms with Gasteiger partial charge in [0.15, 0.2) is 0 Å². The van der Waals surface area contributed by atoms with Gasteiger partial charge in [0.1, 0.15) is 6.04 Å². The fourth-order valence-corrected chi connectivity index (χ4v) is 1.75. The lowest BCUT2D eigenvalue weighted by atomic mass is 9.93. The molecule has 1 saturated carbocycles. The summed E-state index contributed by atoms with van der Waals surface area (Å²) in [5.74, 6) is -1.08. The molecule has 0 aromatic rings. The number of aliphatic carboxylic acids is 1. The zero-order chi connectivity index (χ0) is 12.1. The first-order valence-electron chi connectivity index (χ1n) is 5.48. The molecule has 4 N–H and O–H groups in total. The number of hydrogen-bond donors (Lipinski definition) is 4. The molecule has 1 fully saturated rings. The molecule has 0 aromatic heterocycles. The van der Waals surface area contributed by atoms with Gasteiger partial charge in [-0.15, -0.1) is 0 Å². The van der Waals surface area contributed by atoms with Gasteiger partial charge < -0.3 is 20.8 Å². The number of carboxylic acid groups (broad SMARTS) is 1. The largest absolute Gasteiger partial charge is 0.480 e. The van der Waals surface area contributed by atoms with Crippen molar-refractivity contribution in [2.75, 3.05) is 0 Å². The molecule has 0 heterocycles. The van der Waals surface area contributed by atoms with Crippen LogP contribution >= 0.6 is 0 Å². The topological polar surface area (TPSA) is 98.7 Å². The van der Waals surface area contributed by atoms with E-state index in [-0.39, 0.29) is 6.04 Å². The summed E-state index contributed by atoms with van der Waals surface area (Å²) in [5, 5.41) is 23.1. The molecule has 2 amide bonds. The molecule has 0 spiro atoms. The van der Waals surface area contributed by atoms with Crippen molar-refractivity contribution in [1.29, 1.82) is 0 Å². The molecule has 6 nitrogen and oxygen atoms in total. The number of aliphatic hydroxyl groups is 1. The van der Waals surface area contributed by atoms with Gasteiger partial charge in [-0.25, -0.2) is 4.79 Å². The standard InChI is InChI=1S/C10H18N2O4/c1-6(9(14)15)11-10(16)12-7-4-2-3-5-8(7)13/h6-8,13H,2-5H2,1H3,(H,14,15)(H2,11,12,16)/t6-,7?,8?/m0/s1. The number of urea groups is 1. The smallest absolute Gasteiger partial charge is 0.325 e. The Kier molecular flexibility index (Phi) is 4.54. The first-order valence-corrected chi connectivity index (χ1v) is 5.48. The van der Waals surface area contributed by atoms with Gasteiger partial charge in [-0.05, 0) is 19.8 Å². The Bertz CT molecular complexity index is 270. The highest BCUT2D eigenvalue weighted by molar-refractivity contribution is 5.82. The number of carboxylic acids is 1. The van der Waals surface area contributed by atoms with Gasteiger partial charge >= 0.3 is 12.0 Å². The second kappa shape index (κ2) is 5.69.